The summed E-state index contributed by atoms with van der Waals surface area (Å²) in [6.07, 6.45) is 5.04. The minimum absolute atomic E-state index is 0.293. The standard InChI is InChI=1S/C24H24N2O5/c1-4-13-30-21-7-5-18(14-22(21)29-3)24(27)26-19-6-8-20(28-2)23(15-19)31-16-17-9-11-25-12-10-17/h4-12,14-15H,1,13,16H2,2-3H3,(H,26,27). The summed E-state index contributed by atoms with van der Waals surface area (Å²) in [6, 6.07) is 13.9. The van der Waals surface area contributed by atoms with Crippen molar-refractivity contribution in [2.45, 2.75) is 6.61 Å². The number of benzene rings is 2. The van der Waals surface area contributed by atoms with Gasteiger partial charge >= 0.3 is 0 Å². The lowest BCUT2D eigenvalue weighted by Crippen LogP contribution is -2.12. The largest absolute Gasteiger partial charge is 0.493 e. The summed E-state index contributed by atoms with van der Waals surface area (Å²) < 4.78 is 22.1. The Morgan fingerprint density at radius 1 is 0.935 bits per heavy atom. The summed E-state index contributed by atoms with van der Waals surface area (Å²) in [6.45, 7) is 4.31. The molecule has 0 aliphatic heterocycles. The monoisotopic (exact) mass is 420 g/mol. The SMILES string of the molecule is C=CCOc1ccc(C(=O)Nc2ccc(OC)c(OCc3ccncc3)c2)cc1OC. The lowest BCUT2D eigenvalue weighted by molar-refractivity contribution is 0.102. The van der Waals surface area contributed by atoms with Gasteiger partial charge in [-0.15, -0.1) is 0 Å². The van der Waals surface area contributed by atoms with Crippen LogP contribution in [0, 0.1) is 0 Å². The maximum Gasteiger partial charge on any atom is 0.255 e. The number of rotatable bonds is 10. The molecule has 31 heavy (non-hydrogen) atoms. The third kappa shape index (κ3) is 5.76. The predicted octanol–water partition coefficient (Wildman–Crippen LogP) is 4.49. The van der Waals surface area contributed by atoms with Crippen molar-refractivity contribution in [1.82, 2.24) is 4.98 Å². The molecule has 0 spiro atoms. The van der Waals surface area contributed by atoms with Gasteiger partial charge in [0.1, 0.15) is 13.2 Å². The van der Waals surface area contributed by atoms with Crippen LogP contribution in [0.25, 0.3) is 0 Å². The van der Waals surface area contributed by atoms with Crippen LogP contribution in [-0.2, 0) is 6.61 Å². The quantitative estimate of drug-likeness (QED) is 0.487. The van der Waals surface area contributed by atoms with Gasteiger partial charge in [-0.3, -0.25) is 9.78 Å². The van der Waals surface area contributed by atoms with E-state index in [1.54, 1.807) is 62.0 Å². The number of nitrogens with zero attached hydrogens (tertiary/aromatic N) is 1. The fourth-order valence-corrected chi connectivity index (χ4v) is 2.79. The summed E-state index contributed by atoms with van der Waals surface area (Å²) >= 11 is 0. The highest BCUT2D eigenvalue weighted by molar-refractivity contribution is 6.04. The van der Waals surface area contributed by atoms with E-state index >= 15 is 0 Å². The van der Waals surface area contributed by atoms with Crippen LogP contribution in [0.1, 0.15) is 15.9 Å². The first-order valence-corrected chi connectivity index (χ1v) is 9.57. The zero-order chi connectivity index (χ0) is 22.1. The van der Waals surface area contributed by atoms with E-state index < -0.39 is 0 Å². The summed E-state index contributed by atoms with van der Waals surface area (Å²) in [5, 5.41) is 2.87. The van der Waals surface area contributed by atoms with Gasteiger partial charge in [0.05, 0.1) is 14.2 Å². The Morgan fingerprint density at radius 3 is 2.39 bits per heavy atom. The maximum absolute atomic E-state index is 12.8. The van der Waals surface area contributed by atoms with Gasteiger partial charge in [-0.1, -0.05) is 12.7 Å². The first kappa shape index (κ1) is 21.7. The van der Waals surface area contributed by atoms with E-state index in [2.05, 4.69) is 16.9 Å². The van der Waals surface area contributed by atoms with Crippen molar-refractivity contribution in [2.75, 3.05) is 26.1 Å². The Hall–Kier alpha value is -4.00. The molecule has 1 aromatic heterocycles. The second-order valence-electron chi connectivity index (χ2n) is 6.43. The lowest BCUT2D eigenvalue weighted by atomic mass is 10.1. The molecule has 7 nitrogen and oxygen atoms in total. The molecule has 0 fully saturated rings. The molecular weight excluding hydrogens is 396 g/mol. The van der Waals surface area contributed by atoms with Crippen molar-refractivity contribution in [2.24, 2.45) is 0 Å². The highest BCUT2D eigenvalue weighted by Crippen LogP contribution is 2.32. The molecule has 0 radical (unpaired) electrons. The molecule has 1 N–H and O–H groups in total. The van der Waals surface area contributed by atoms with Crippen molar-refractivity contribution in [1.29, 1.82) is 0 Å². The molecule has 7 heteroatoms. The van der Waals surface area contributed by atoms with Gasteiger partial charge in [-0.05, 0) is 48.0 Å². The summed E-state index contributed by atoms with van der Waals surface area (Å²) in [5.74, 6) is 1.79. The van der Waals surface area contributed by atoms with Crippen LogP contribution in [0.4, 0.5) is 5.69 Å². The topological polar surface area (TPSA) is 78.9 Å². The minimum Gasteiger partial charge on any atom is -0.493 e. The number of amides is 1. The van der Waals surface area contributed by atoms with Gasteiger partial charge in [0.15, 0.2) is 23.0 Å². The fraction of sp³-hybridized carbons (Fsp3) is 0.167. The third-order valence-corrected chi connectivity index (χ3v) is 4.35. The number of nitrogens with one attached hydrogen (secondary N) is 1. The molecule has 0 unspecified atom stereocenters. The predicted molar refractivity (Wildman–Crippen MR) is 118 cm³/mol. The number of hydrogen-bond donors (Lipinski definition) is 1. The number of hydrogen-bond acceptors (Lipinski definition) is 6. The van der Waals surface area contributed by atoms with Crippen LogP contribution in [-0.4, -0.2) is 31.7 Å². The molecule has 0 atom stereocenters. The van der Waals surface area contributed by atoms with Crippen LogP contribution >= 0.6 is 0 Å². The molecule has 3 rings (SSSR count). The number of carbonyl (C=O) groups is 1. The van der Waals surface area contributed by atoms with Crippen molar-refractivity contribution < 1.29 is 23.7 Å². The average molecular weight is 420 g/mol. The first-order valence-electron chi connectivity index (χ1n) is 9.57. The van der Waals surface area contributed by atoms with Crippen molar-refractivity contribution in [3.8, 4) is 23.0 Å². The Balaban J connectivity index is 1.74. The van der Waals surface area contributed by atoms with Crippen LogP contribution in [0.3, 0.4) is 0 Å². The number of anilines is 1. The molecule has 160 valence electrons. The molecule has 3 aromatic rings. The molecule has 0 saturated carbocycles. The van der Waals surface area contributed by atoms with Gasteiger partial charge < -0.3 is 24.3 Å². The highest BCUT2D eigenvalue weighted by Gasteiger charge is 2.13. The molecule has 0 saturated heterocycles. The number of pyridine rings is 1. The van der Waals surface area contributed by atoms with Gasteiger partial charge in [-0.2, -0.15) is 0 Å². The van der Waals surface area contributed by atoms with E-state index in [0.717, 1.165) is 5.56 Å². The zero-order valence-electron chi connectivity index (χ0n) is 17.5. The van der Waals surface area contributed by atoms with Gasteiger partial charge in [0, 0.05) is 29.7 Å². The normalized spacial score (nSPS) is 10.1. The van der Waals surface area contributed by atoms with E-state index in [0.29, 0.717) is 47.5 Å². The second kappa shape index (κ2) is 10.7. The van der Waals surface area contributed by atoms with Gasteiger partial charge in [0.2, 0.25) is 0 Å². The Kier molecular flexibility index (Phi) is 7.48. The van der Waals surface area contributed by atoms with E-state index in [-0.39, 0.29) is 5.91 Å². The van der Waals surface area contributed by atoms with Crippen LogP contribution in [0.2, 0.25) is 0 Å². The molecule has 0 aliphatic carbocycles. The molecule has 0 aliphatic rings. The van der Waals surface area contributed by atoms with Crippen LogP contribution < -0.4 is 24.3 Å². The van der Waals surface area contributed by atoms with E-state index in [1.807, 2.05) is 12.1 Å². The lowest BCUT2D eigenvalue weighted by Gasteiger charge is -2.14. The summed E-state index contributed by atoms with van der Waals surface area (Å²) in [7, 11) is 3.09. The fourth-order valence-electron chi connectivity index (χ4n) is 2.79. The van der Waals surface area contributed by atoms with Crippen molar-refractivity contribution in [3.05, 3.63) is 84.7 Å². The molecular formula is C24H24N2O5. The van der Waals surface area contributed by atoms with E-state index in [1.165, 1.54) is 7.11 Å². The van der Waals surface area contributed by atoms with E-state index in [4.69, 9.17) is 18.9 Å². The minimum atomic E-state index is -0.293. The Labute approximate surface area is 181 Å². The van der Waals surface area contributed by atoms with Crippen LogP contribution in [0.15, 0.2) is 73.6 Å². The Morgan fingerprint density at radius 2 is 1.68 bits per heavy atom. The summed E-state index contributed by atoms with van der Waals surface area (Å²) in [5.41, 5.74) is 1.97. The summed E-state index contributed by atoms with van der Waals surface area (Å²) in [4.78, 5) is 16.7. The third-order valence-electron chi connectivity index (χ3n) is 4.35. The van der Waals surface area contributed by atoms with Crippen LogP contribution in [0.5, 0.6) is 23.0 Å². The van der Waals surface area contributed by atoms with Gasteiger partial charge in [0.25, 0.3) is 5.91 Å². The van der Waals surface area contributed by atoms with E-state index in [9.17, 15) is 4.79 Å². The Bertz CT molecular complexity index is 1040. The number of ether oxygens (including phenoxy) is 4. The number of carbonyl (C=O) groups excluding carboxylic acids is 1. The number of methoxy groups -OCH3 is 2. The molecule has 0 bridgehead atoms. The number of aromatic nitrogens is 1. The highest BCUT2D eigenvalue weighted by atomic mass is 16.5. The smallest absolute Gasteiger partial charge is 0.255 e. The molecule has 2 aromatic carbocycles. The maximum atomic E-state index is 12.8. The first-order chi connectivity index (χ1) is 15.1. The zero-order valence-corrected chi connectivity index (χ0v) is 17.5. The molecule has 1 heterocycles. The van der Waals surface area contributed by atoms with Crippen molar-refractivity contribution in [3.63, 3.8) is 0 Å². The van der Waals surface area contributed by atoms with Gasteiger partial charge in [-0.25, -0.2) is 0 Å². The second-order valence-corrected chi connectivity index (χ2v) is 6.43. The van der Waals surface area contributed by atoms with Crippen molar-refractivity contribution >= 4 is 11.6 Å². The average Bonchev–Trinajstić information content (AvgIpc) is 2.82. The molecule has 1 amide bonds.